The summed E-state index contributed by atoms with van der Waals surface area (Å²) in [5.41, 5.74) is 1.15. The summed E-state index contributed by atoms with van der Waals surface area (Å²) in [4.78, 5) is 13.5. The molecule has 7 nitrogen and oxygen atoms in total. The van der Waals surface area contributed by atoms with Crippen LogP contribution in [0, 0.1) is 0 Å². The number of ketones is 1. The van der Waals surface area contributed by atoms with Crippen LogP contribution in [0.25, 0.3) is 0 Å². The van der Waals surface area contributed by atoms with Gasteiger partial charge in [0.25, 0.3) is 0 Å². The number of nitrogens with zero attached hydrogens (tertiary/aromatic N) is 1. The third kappa shape index (κ3) is 8.45. The van der Waals surface area contributed by atoms with Crippen molar-refractivity contribution in [2.45, 2.75) is 38.0 Å². The van der Waals surface area contributed by atoms with Crippen LogP contribution < -0.4 is 14.8 Å². The van der Waals surface area contributed by atoms with Gasteiger partial charge in [0.05, 0.1) is 14.2 Å². The second-order valence-corrected chi connectivity index (χ2v) is 6.77. The van der Waals surface area contributed by atoms with E-state index in [1.807, 2.05) is 18.2 Å². The molecule has 0 bridgehead atoms. The van der Waals surface area contributed by atoms with Gasteiger partial charge < -0.3 is 25.0 Å². The molecule has 0 aromatic heterocycles. The molecule has 0 amide bonds. The van der Waals surface area contributed by atoms with Gasteiger partial charge in [0.2, 0.25) is 0 Å². The number of Topliss-reactive ketones (excluding diaryl/α,β-unsaturated/α-hetero) is 1. The highest BCUT2D eigenvalue weighted by Crippen LogP contribution is 2.24. The number of hydrogen-bond acceptors (Lipinski definition) is 7. The first kappa shape index (κ1) is 23.7. The minimum absolute atomic E-state index is 0. The van der Waals surface area contributed by atoms with Crippen LogP contribution in [0.1, 0.15) is 31.2 Å². The monoisotopic (exact) mass is 402 g/mol. The Morgan fingerprint density at radius 2 is 1.56 bits per heavy atom. The minimum atomic E-state index is -1.38. The number of aliphatic hydroxyl groups is 2. The molecule has 2 fully saturated rings. The van der Waals surface area contributed by atoms with Gasteiger partial charge in [-0.3, -0.25) is 9.69 Å². The van der Waals surface area contributed by atoms with Crippen LogP contribution in [-0.2, 0) is 11.3 Å². The Morgan fingerprint density at radius 1 is 1.04 bits per heavy atom. The fourth-order valence-corrected chi connectivity index (χ4v) is 3.00. The number of benzene rings is 1. The largest absolute Gasteiger partial charge is 0.497 e. The molecule has 1 aromatic rings. The first-order valence-electron chi connectivity index (χ1n) is 9.03. The zero-order valence-electron chi connectivity index (χ0n) is 16.1. The number of piperidine rings is 2. The molecule has 2 aliphatic rings. The van der Waals surface area contributed by atoms with Gasteiger partial charge in [-0.2, -0.15) is 0 Å². The van der Waals surface area contributed by atoms with Crippen LogP contribution in [0.2, 0.25) is 0 Å². The lowest BCUT2D eigenvalue weighted by Gasteiger charge is -2.26. The Bertz CT molecular complexity index is 557. The van der Waals surface area contributed by atoms with E-state index in [4.69, 9.17) is 19.7 Å². The normalized spacial score (nSPS) is 19.3. The predicted octanol–water partition coefficient (Wildman–Crippen LogP) is 1.34. The molecule has 3 N–H and O–H groups in total. The maximum absolute atomic E-state index is 11.2. The van der Waals surface area contributed by atoms with E-state index in [-0.39, 0.29) is 12.4 Å². The summed E-state index contributed by atoms with van der Waals surface area (Å²) in [6, 6.07) is 5.89. The Balaban J connectivity index is 0.000000342. The molecule has 154 valence electrons. The highest BCUT2D eigenvalue weighted by atomic mass is 35.5. The molecule has 0 saturated carbocycles. The maximum Gasteiger partial charge on any atom is 0.164 e. The smallest absolute Gasteiger partial charge is 0.164 e. The summed E-state index contributed by atoms with van der Waals surface area (Å²) >= 11 is 0. The summed E-state index contributed by atoms with van der Waals surface area (Å²) in [5, 5.41) is 20.8. The molecule has 0 atom stereocenters. The van der Waals surface area contributed by atoms with Gasteiger partial charge in [-0.05, 0) is 17.7 Å². The van der Waals surface area contributed by atoms with E-state index in [2.05, 4.69) is 10.2 Å². The van der Waals surface area contributed by atoms with Crippen molar-refractivity contribution in [3.63, 3.8) is 0 Å². The number of ether oxygens (including phenoxy) is 2. The molecule has 2 heterocycles. The Labute approximate surface area is 167 Å². The molecule has 0 unspecified atom stereocenters. The SMILES string of the molecule is COc1cc(CN2CCC(=O)CC2)cc(OC)c1.Cl.OC1(O)CCNCC1. The van der Waals surface area contributed by atoms with Crippen LogP contribution in [0.4, 0.5) is 0 Å². The zero-order chi connectivity index (χ0) is 19.0. The number of nitrogens with one attached hydrogen (secondary N) is 1. The van der Waals surface area contributed by atoms with Crippen LogP contribution in [0.5, 0.6) is 11.5 Å². The molecule has 1 aromatic carbocycles. The van der Waals surface area contributed by atoms with E-state index < -0.39 is 5.79 Å². The quantitative estimate of drug-likeness (QED) is 0.654. The summed E-state index contributed by atoms with van der Waals surface area (Å²) in [6.07, 6.45) is 2.24. The van der Waals surface area contributed by atoms with Gasteiger partial charge in [0, 0.05) is 64.5 Å². The Hall–Kier alpha value is -1.38. The predicted molar refractivity (Wildman–Crippen MR) is 106 cm³/mol. The van der Waals surface area contributed by atoms with Crippen molar-refractivity contribution in [1.29, 1.82) is 0 Å². The summed E-state index contributed by atoms with van der Waals surface area (Å²) < 4.78 is 10.5. The first-order valence-corrected chi connectivity index (χ1v) is 9.03. The third-order valence-electron chi connectivity index (χ3n) is 4.64. The first-order chi connectivity index (χ1) is 12.4. The Kier molecular flexibility index (Phi) is 10.0. The van der Waals surface area contributed by atoms with Crippen molar-refractivity contribution >= 4 is 18.2 Å². The zero-order valence-corrected chi connectivity index (χ0v) is 16.9. The standard InChI is InChI=1S/C14H19NO3.C5H11NO2.ClH/c1-17-13-7-11(8-14(9-13)18-2)10-15-5-3-12(16)4-6-15;7-5(8)1-3-6-4-2-5;/h7-9H,3-6,10H2,1-2H3;6-8H,1-4H2;1H. The van der Waals surface area contributed by atoms with Crippen LogP contribution >= 0.6 is 12.4 Å². The van der Waals surface area contributed by atoms with E-state index in [1.54, 1.807) is 14.2 Å². The molecule has 3 rings (SSSR count). The van der Waals surface area contributed by atoms with Crippen molar-refractivity contribution in [2.24, 2.45) is 0 Å². The number of rotatable bonds is 4. The number of carbonyl (C=O) groups excluding carboxylic acids is 1. The molecule has 2 saturated heterocycles. The average molecular weight is 403 g/mol. The number of methoxy groups -OCH3 is 2. The van der Waals surface area contributed by atoms with Gasteiger partial charge in [-0.1, -0.05) is 0 Å². The fraction of sp³-hybridized carbons (Fsp3) is 0.632. The highest BCUT2D eigenvalue weighted by Gasteiger charge is 2.24. The maximum atomic E-state index is 11.2. The topological polar surface area (TPSA) is 91.3 Å². The van der Waals surface area contributed by atoms with Gasteiger partial charge in [-0.25, -0.2) is 0 Å². The fourth-order valence-electron chi connectivity index (χ4n) is 3.00. The van der Waals surface area contributed by atoms with Gasteiger partial charge in [-0.15, -0.1) is 12.4 Å². The van der Waals surface area contributed by atoms with Gasteiger partial charge >= 0.3 is 0 Å². The number of halogens is 1. The van der Waals surface area contributed by atoms with Crippen molar-refractivity contribution in [1.82, 2.24) is 10.2 Å². The van der Waals surface area contributed by atoms with Crippen LogP contribution in [0.3, 0.4) is 0 Å². The number of hydrogen-bond donors (Lipinski definition) is 3. The Morgan fingerprint density at radius 3 is 1.96 bits per heavy atom. The van der Waals surface area contributed by atoms with E-state index in [1.165, 1.54) is 0 Å². The number of carbonyl (C=O) groups is 1. The lowest BCUT2D eigenvalue weighted by atomic mass is 10.1. The van der Waals surface area contributed by atoms with Crippen LogP contribution in [-0.4, -0.2) is 67.1 Å². The molecular weight excluding hydrogens is 372 g/mol. The van der Waals surface area contributed by atoms with E-state index in [0.717, 1.165) is 36.7 Å². The number of likely N-dealkylation sites (tertiary alicyclic amines) is 1. The molecule has 27 heavy (non-hydrogen) atoms. The van der Waals surface area contributed by atoms with Crippen molar-refractivity contribution in [3.8, 4) is 11.5 Å². The highest BCUT2D eigenvalue weighted by molar-refractivity contribution is 5.85. The van der Waals surface area contributed by atoms with Gasteiger partial charge in [0.15, 0.2) is 5.79 Å². The summed E-state index contributed by atoms with van der Waals surface area (Å²) in [6.45, 7) is 3.96. The van der Waals surface area contributed by atoms with Crippen molar-refractivity contribution in [3.05, 3.63) is 23.8 Å². The molecule has 2 aliphatic heterocycles. The second kappa shape index (κ2) is 11.5. The molecular formula is C19H31ClN2O5. The minimum Gasteiger partial charge on any atom is -0.497 e. The molecule has 8 heteroatoms. The van der Waals surface area contributed by atoms with Crippen LogP contribution in [0.15, 0.2) is 18.2 Å². The lowest BCUT2D eigenvalue weighted by Crippen LogP contribution is -2.41. The summed E-state index contributed by atoms with van der Waals surface area (Å²) in [7, 11) is 3.30. The van der Waals surface area contributed by atoms with Crippen molar-refractivity contribution in [2.75, 3.05) is 40.4 Å². The van der Waals surface area contributed by atoms with E-state index in [0.29, 0.717) is 44.6 Å². The molecule has 0 radical (unpaired) electrons. The van der Waals surface area contributed by atoms with Gasteiger partial charge in [0.1, 0.15) is 17.3 Å². The molecule has 0 spiro atoms. The molecule has 0 aliphatic carbocycles. The average Bonchev–Trinajstić information content (AvgIpc) is 2.63. The van der Waals surface area contributed by atoms with E-state index in [9.17, 15) is 4.79 Å². The lowest BCUT2D eigenvalue weighted by molar-refractivity contribution is -0.175. The second-order valence-electron chi connectivity index (χ2n) is 6.77. The van der Waals surface area contributed by atoms with E-state index >= 15 is 0 Å². The summed E-state index contributed by atoms with van der Waals surface area (Å²) in [5.74, 6) is 0.593. The van der Waals surface area contributed by atoms with Crippen molar-refractivity contribution < 1.29 is 24.5 Å². The third-order valence-corrected chi connectivity index (χ3v) is 4.64.